The maximum atomic E-state index is 14.0. The predicted molar refractivity (Wildman–Crippen MR) is 495 cm³/mol. The van der Waals surface area contributed by atoms with E-state index in [1.807, 2.05) is 175 Å². The largest absolute Gasteiger partial charge is 0.497 e. The zero-order chi connectivity index (χ0) is 89.0. The lowest BCUT2D eigenvalue weighted by atomic mass is 9.68. The van der Waals surface area contributed by atoms with E-state index < -0.39 is 43.5 Å². The zero-order valence-electron chi connectivity index (χ0n) is 74.7. The minimum Gasteiger partial charge on any atom is -0.497 e. The van der Waals surface area contributed by atoms with Crippen molar-refractivity contribution >= 4 is 66.6 Å². The van der Waals surface area contributed by atoms with Crippen LogP contribution in [0.4, 0.5) is 11.4 Å². The number of carbonyl (C=O) groups is 2. The maximum Gasteiger partial charge on any atom is 0.338 e. The summed E-state index contributed by atoms with van der Waals surface area (Å²) in [6.45, 7) is 16.2. The molecule has 2 aliphatic heterocycles. The third-order valence-corrected chi connectivity index (χ3v) is 31.9. The van der Waals surface area contributed by atoms with E-state index in [-0.39, 0.29) is 96.0 Å². The van der Waals surface area contributed by atoms with E-state index in [0.717, 1.165) is 194 Å². The van der Waals surface area contributed by atoms with E-state index in [2.05, 4.69) is 34.1 Å². The average molecular weight is 1800 g/mol. The molecule has 8 aromatic carbocycles. The highest BCUT2D eigenvalue weighted by Gasteiger charge is 2.53. The molecule has 20 nitrogen and oxygen atoms in total. The van der Waals surface area contributed by atoms with Gasteiger partial charge >= 0.3 is 11.9 Å². The highest BCUT2D eigenvalue weighted by Crippen LogP contribution is 2.55. The fourth-order valence-electron chi connectivity index (χ4n) is 20.5. The quantitative estimate of drug-likeness (QED) is 0.0373. The highest BCUT2D eigenvalue weighted by molar-refractivity contribution is 7.89. The Morgan fingerprint density at radius 2 is 0.802 bits per heavy atom. The molecule has 2 N–H and O–H groups in total. The molecule has 8 aromatic rings. The Kier molecular flexibility index (Phi) is 28.5. The summed E-state index contributed by atoms with van der Waals surface area (Å²) in [7, 11) is -0.769. The molecule has 0 unspecified atom stereocenters. The van der Waals surface area contributed by atoms with Gasteiger partial charge in [0.2, 0.25) is 20.0 Å². The lowest BCUT2D eigenvalue weighted by molar-refractivity contribution is -0.00197. The molecule has 4 saturated carbocycles. The second kappa shape index (κ2) is 39.0. The summed E-state index contributed by atoms with van der Waals surface area (Å²) in [5.74, 6) is 5.46. The number of sulfonamides is 2. The normalized spacial score (nSPS) is 23.5. The van der Waals surface area contributed by atoms with Crippen molar-refractivity contribution in [3.63, 3.8) is 0 Å². The molecule has 0 saturated heterocycles. The van der Waals surface area contributed by atoms with Crippen LogP contribution in [0.25, 0.3) is 0 Å². The molecular weight excluding hydrogens is 1670 g/mol. The molecule has 16 rings (SSSR count). The van der Waals surface area contributed by atoms with Gasteiger partial charge < -0.3 is 57.9 Å². The van der Waals surface area contributed by atoms with Crippen LogP contribution in [-0.4, -0.2) is 150 Å². The van der Waals surface area contributed by atoms with Crippen LogP contribution < -0.4 is 38.2 Å². The van der Waals surface area contributed by atoms with Crippen molar-refractivity contribution in [2.45, 2.75) is 205 Å². The number of nitrogens with zero attached hydrogens (tertiary/aromatic N) is 4. The SMILES string of the molecule is COc1ccc(CN(Cc2ccc(OC)cc2)S(=O)(=O)CCC[C@@H]2C[C@H]2[C@H](O)[C@@H]2CC[C@H]2CN2C[C@@]3(CCCc4cc(Cl)ccc43)COc3ccc(C(=O)OC(C)(C)C)cc32)cc1.COc1ccc(CN(Cc2ccc(OC)cc2)S(=O)(=O)CCC[C@H]2C[C@@H]2[C@H](O)[C@@H]2CC[C@H]2CN2C[C@@]3(CCCc4cc(Cl)ccc43)COc3ccc(C(=O)OC(C)(C)C)cc32)cc1. The van der Waals surface area contributed by atoms with Crippen LogP contribution in [0.1, 0.15) is 197 Å². The van der Waals surface area contributed by atoms with Crippen LogP contribution in [0.2, 0.25) is 10.0 Å². The van der Waals surface area contributed by atoms with Crippen LogP contribution in [0.15, 0.2) is 170 Å². The standard InChI is InChI=1S/2C51H63ClN2O8S/c2*1-50(2,3)62-49(56)38-15-23-47-46(28-38)53(32-51(33-61-47)24-6-8-37-26-40(52)16-22-45(37)51)31-39-14-21-43(39)48(55)44-27-36(44)9-7-25-63(57,58)54(29-34-10-17-41(59-4)18-11-34)30-35-12-19-42(60-5)20-13-35/h2*10-13,15-20,22-23,26,28,36,39,43-44,48,55H,6-9,14,21,24-25,27,29-33H2,1-5H3/t36-,39+,43-,44-,48-,51+;36-,39-,43+,44-,48+,51-/m10/s1. The molecule has 676 valence electrons. The summed E-state index contributed by atoms with van der Waals surface area (Å²) < 4.78 is 105. The van der Waals surface area contributed by atoms with Crippen LogP contribution >= 0.6 is 23.2 Å². The number of hydrogen-bond donors (Lipinski definition) is 2. The second-order valence-corrected chi connectivity index (χ2v) is 43.8. The lowest BCUT2D eigenvalue weighted by Gasteiger charge is -2.46. The second-order valence-electron chi connectivity index (χ2n) is 38.7. The third kappa shape index (κ3) is 22.1. The van der Waals surface area contributed by atoms with Crippen molar-refractivity contribution in [3.8, 4) is 34.5 Å². The van der Waals surface area contributed by atoms with Gasteiger partial charge in [0.15, 0.2) is 0 Å². The van der Waals surface area contributed by atoms with E-state index in [1.54, 1.807) is 49.2 Å². The molecule has 24 heteroatoms. The molecule has 12 atom stereocenters. The molecule has 2 spiro atoms. The molecule has 6 aliphatic carbocycles. The molecule has 0 amide bonds. The van der Waals surface area contributed by atoms with Crippen molar-refractivity contribution < 1.29 is 74.5 Å². The van der Waals surface area contributed by atoms with E-state index in [0.29, 0.717) is 49.0 Å². The number of rotatable bonds is 32. The summed E-state index contributed by atoms with van der Waals surface area (Å²) in [5.41, 5.74) is 9.60. The third-order valence-electron chi connectivity index (χ3n) is 27.7. The van der Waals surface area contributed by atoms with Gasteiger partial charge in [-0.2, -0.15) is 8.61 Å². The van der Waals surface area contributed by atoms with E-state index in [9.17, 15) is 36.6 Å². The van der Waals surface area contributed by atoms with Crippen LogP contribution in [0, 0.1) is 47.3 Å². The number of ether oxygens (including phenoxy) is 8. The number of aliphatic hydroxyl groups excluding tert-OH is 2. The molecule has 8 aliphatic rings. The van der Waals surface area contributed by atoms with Crippen LogP contribution in [-0.2, 0) is 79.4 Å². The first-order chi connectivity index (χ1) is 60.3. The minimum atomic E-state index is -3.61. The number of aryl methyl sites for hydroxylation is 2. The van der Waals surface area contributed by atoms with Gasteiger partial charge in [-0.05, 0) is 345 Å². The van der Waals surface area contributed by atoms with Gasteiger partial charge in [-0.15, -0.1) is 0 Å². The minimum absolute atomic E-state index is 0.0451. The highest BCUT2D eigenvalue weighted by atomic mass is 35.5. The van der Waals surface area contributed by atoms with Crippen LogP contribution in [0.3, 0.4) is 0 Å². The number of halogens is 2. The van der Waals surface area contributed by atoms with Gasteiger partial charge in [-0.3, -0.25) is 0 Å². The maximum absolute atomic E-state index is 14.0. The fourth-order valence-corrected chi connectivity index (χ4v) is 23.9. The van der Waals surface area contributed by atoms with Crippen molar-refractivity contribution in [1.82, 2.24) is 8.61 Å². The Morgan fingerprint density at radius 1 is 0.460 bits per heavy atom. The first-order valence-corrected chi connectivity index (χ1v) is 49.2. The molecule has 4 fully saturated rings. The summed E-state index contributed by atoms with van der Waals surface area (Å²) in [6.07, 6.45) is 13.4. The Bertz CT molecular complexity index is 4930. The van der Waals surface area contributed by atoms with Gasteiger partial charge in [0.25, 0.3) is 0 Å². The number of esters is 2. The number of hydrogen-bond acceptors (Lipinski definition) is 18. The number of fused-ring (bicyclic) bond motifs is 6. The van der Waals surface area contributed by atoms with E-state index in [1.165, 1.54) is 22.3 Å². The molecule has 0 radical (unpaired) electrons. The van der Waals surface area contributed by atoms with Gasteiger partial charge in [-0.1, -0.05) is 83.9 Å². The van der Waals surface area contributed by atoms with E-state index >= 15 is 0 Å². The van der Waals surface area contributed by atoms with Gasteiger partial charge in [-0.25, -0.2) is 26.4 Å². The Labute approximate surface area is 755 Å². The smallest absolute Gasteiger partial charge is 0.338 e. The summed E-state index contributed by atoms with van der Waals surface area (Å²) in [5, 5.41) is 25.4. The van der Waals surface area contributed by atoms with Gasteiger partial charge in [0.1, 0.15) is 45.7 Å². The number of benzene rings is 8. The molecule has 126 heavy (non-hydrogen) atoms. The van der Waals surface area contributed by atoms with Crippen LogP contribution in [0.5, 0.6) is 34.5 Å². The predicted octanol–water partition coefficient (Wildman–Crippen LogP) is 19.2. The number of anilines is 2. The lowest BCUT2D eigenvalue weighted by Crippen LogP contribution is -2.50. The fraction of sp³-hybridized carbons (Fsp3) is 0.510. The number of methoxy groups -OCH3 is 4. The first-order valence-electron chi connectivity index (χ1n) is 45.2. The Balaban J connectivity index is 0.000000194. The summed E-state index contributed by atoms with van der Waals surface area (Å²) in [6, 6.07) is 53.9. The van der Waals surface area contributed by atoms with Gasteiger partial charge in [0.05, 0.1) is 87.9 Å². The molecule has 0 bridgehead atoms. The summed E-state index contributed by atoms with van der Waals surface area (Å²) in [4.78, 5) is 31.5. The Morgan fingerprint density at radius 3 is 1.11 bits per heavy atom. The van der Waals surface area contributed by atoms with Crippen molar-refractivity contribution in [2.24, 2.45) is 47.3 Å². The average Bonchev–Trinajstić information content (AvgIpc) is 1.56. The van der Waals surface area contributed by atoms with Crippen molar-refractivity contribution in [1.29, 1.82) is 0 Å². The molecule has 0 aromatic heterocycles. The zero-order valence-corrected chi connectivity index (χ0v) is 77.9. The first kappa shape index (κ1) is 92.1. The molecular formula is C102H126Cl2N4O16S2. The van der Waals surface area contributed by atoms with Gasteiger partial charge in [0, 0.05) is 73.2 Å². The summed E-state index contributed by atoms with van der Waals surface area (Å²) >= 11 is 13.0. The molecule has 2 heterocycles. The van der Waals surface area contributed by atoms with Crippen molar-refractivity contribution in [2.75, 3.05) is 89.1 Å². The topological polar surface area (TPSA) is 230 Å². The Hall–Kier alpha value is -8.58. The van der Waals surface area contributed by atoms with Crippen molar-refractivity contribution in [3.05, 3.63) is 236 Å². The van der Waals surface area contributed by atoms with E-state index in [4.69, 9.17) is 61.1 Å². The monoisotopic (exact) mass is 1800 g/mol. The number of carbonyl (C=O) groups excluding carboxylic acids is 2. The number of aliphatic hydroxyl groups is 2.